The molecule has 5 N–H and O–H groups in total. The molecule has 21 heavy (non-hydrogen) atoms. The van der Waals surface area contributed by atoms with Crippen LogP contribution in [0.2, 0.25) is 0 Å². The number of phosphoric acid groups is 1. The molecule has 0 amide bonds. The Balaban J connectivity index is 2.13. The van der Waals surface area contributed by atoms with Gasteiger partial charge in [0.05, 0.1) is 19.8 Å². The van der Waals surface area contributed by atoms with Crippen LogP contribution < -0.4 is 16.0 Å². The van der Waals surface area contributed by atoms with E-state index in [0.29, 0.717) is 0 Å². The lowest BCUT2D eigenvalue weighted by Gasteiger charge is -2.14. The molecular formula is C10H17N3O7P+. The largest absolute Gasteiger partial charge is 0.501 e. The maximum atomic E-state index is 12.0. The lowest BCUT2D eigenvalue weighted by Crippen LogP contribution is -2.56. The van der Waals surface area contributed by atoms with Crippen LogP contribution in [0.1, 0.15) is 12.6 Å². The lowest BCUT2D eigenvalue weighted by molar-refractivity contribution is -0.775. The Morgan fingerprint density at radius 1 is 1.62 bits per heavy atom. The van der Waals surface area contributed by atoms with Crippen molar-refractivity contribution >= 4 is 13.6 Å². The third kappa shape index (κ3) is 3.67. The highest BCUT2D eigenvalue weighted by Crippen LogP contribution is 2.37. The Morgan fingerprint density at radius 2 is 2.29 bits per heavy atom. The fraction of sp³-hybridized carbons (Fsp3) is 0.600. The van der Waals surface area contributed by atoms with E-state index in [1.54, 1.807) is 0 Å². The van der Waals surface area contributed by atoms with Crippen molar-refractivity contribution in [1.82, 2.24) is 4.57 Å². The lowest BCUT2D eigenvalue weighted by atomic mass is 10.2. The van der Waals surface area contributed by atoms with Gasteiger partial charge < -0.3 is 25.4 Å². The first kappa shape index (κ1) is 16.1. The van der Waals surface area contributed by atoms with Crippen LogP contribution in [0, 0.1) is 0 Å². The fourth-order valence-corrected chi connectivity index (χ4v) is 2.38. The molecule has 118 valence electrons. The molecule has 11 heteroatoms. The van der Waals surface area contributed by atoms with Gasteiger partial charge in [-0.2, -0.15) is 13.9 Å². The topological polar surface area (TPSA) is 148 Å². The summed E-state index contributed by atoms with van der Waals surface area (Å²) in [5.41, 5.74) is 5.16. The number of hydrogen-bond acceptors (Lipinski definition) is 6. The summed E-state index contributed by atoms with van der Waals surface area (Å²) in [6.45, 7) is -0.474. The number of anilines is 1. The highest BCUT2D eigenvalue weighted by atomic mass is 31.2. The highest BCUT2D eigenvalue weighted by molar-refractivity contribution is 7.46. The maximum absolute atomic E-state index is 12.0. The van der Waals surface area contributed by atoms with E-state index >= 15 is 0 Å². The number of aliphatic hydroxyl groups excluding tert-OH is 1. The minimum atomic E-state index is -4.64. The second kappa shape index (κ2) is 5.84. The number of aliphatic hydroxyl groups is 1. The molecule has 1 aromatic heterocycles. The van der Waals surface area contributed by atoms with Gasteiger partial charge in [-0.25, -0.2) is 4.57 Å². The molecule has 1 aliphatic rings. The minimum absolute atomic E-state index is 0.0962. The summed E-state index contributed by atoms with van der Waals surface area (Å²) in [5, 5.41) is 9.83. The smallest absolute Gasteiger partial charge is 0.390 e. The van der Waals surface area contributed by atoms with Crippen molar-refractivity contribution in [2.24, 2.45) is 7.05 Å². The summed E-state index contributed by atoms with van der Waals surface area (Å²) in [6.07, 6.45) is -1.17. The van der Waals surface area contributed by atoms with E-state index in [4.69, 9.17) is 20.3 Å². The van der Waals surface area contributed by atoms with E-state index in [1.807, 2.05) is 0 Å². The van der Waals surface area contributed by atoms with E-state index in [2.05, 4.69) is 4.52 Å². The Labute approximate surface area is 119 Å². The van der Waals surface area contributed by atoms with Crippen LogP contribution in [-0.4, -0.2) is 38.3 Å². The predicted molar refractivity (Wildman–Crippen MR) is 68.8 cm³/mol. The molecule has 1 saturated heterocycles. The molecule has 3 atom stereocenters. The molecule has 1 aliphatic heterocycles. The molecule has 0 saturated carbocycles. The Morgan fingerprint density at radius 3 is 2.90 bits per heavy atom. The Kier molecular flexibility index (Phi) is 4.47. The summed E-state index contributed by atoms with van der Waals surface area (Å²) in [5.74, 6) is 0.274. The number of phosphoric ester groups is 1. The van der Waals surface area contributed by atoms with Crippen LogP contribution in [0.3, 0.4) is 0 Å². The first-order valence-corrected chi connectivity index (χ1v) is 7.62. The van der Waals surface area contributed by atoms with Gasteiger partial charge in [0, 0.05) is 12.5 Å². The van der Waals surface area contributed by atoms with Crippen molar-refractivity contribution < 1.29 is 33.3 Å². The second-order valence-corrected chi connectivity index (χ2v) is 5.95. The van der Waals surface area contributed by atoms with Gasteiger partial charge in [-0.05, 0) is 0 Å². The zero-order valence-corrected chi connectivity index (χ0v) is 12.1. The molecule has 1 fully saturated rings. The first-order valence-electron chi connectivity index (χ1n) is 6.09. The molecule has 10 nitrogen and oxygen atoms in total. The van der Waals surface area contributed by atoms with E-state index in [0.717, 1.165) is 0 Å². The number of nitrogens with two attached hydrogens (primary N) is 1. The second-order valence-electron chi connectivity index (χ2n) is 4.71. The Hall–Kier alpha value is -1.29. The number of aromatic nitrogens is 2. The molecule has 0 radical (unpaired) electrons. The predicted octanol–water partition coefficient (Wildman–Crippen LogP) is -1.99. The Bertz CT molecular complexity index is 628. The van der Waals surface area contributed by atoms with Crippen LogP contribution in [0.25, 0.3) is 0 Å². The van der Waals surface area contributed by atoms with E-state index < -0.39 is 38.6 Å². The third-order valence-corrected chi connectivity index (χ3v) is 3.71. The SMILES string of the molecule is Cn1c(N)cc[n+]([C@H]2C[C@H](O)[C@@H](COP(=O)(O)O)O2)c1=O. The molecule has 2 rings (SSSR count). The summed E-state index contributed by atoms with van der Waals surface area (Å²) >= 11 is 0. The quantitative estimate of drug-likeness (QED) is 0.368. The number of hydrogen-bond donors (Lipinski definition) is 4. The van der Waals surface area contributed by atoms with Gasteiger partial charge in [-0.15, -0.1) is 0 Å². The van der Waals surface area contributed by atoms with Crippen molar-refractivity contribution in [3.8, 4) is 0 Å². The number of nitrogens with zero attached hydrogens (tertiary/aromatic N) is 2. The number of ether oxygens (including phenoxy) is 1. The van der Waals surface area contributed by atoms with Crippen LogP contribution in [0.5, 0.6) is 0 Å². The van der Waals surface area contributed by atoms with Crippen molar-refractivity contribution in [2.75, 3.05) is 12.3 Å². The van der Waals surface area contributed by atoms with E-state index in [-0.39, 0.29) is 12.2 Å². The monoisotopic (exact) mass is 322 g/mol. The van der Waals surface area contributed by atoms with Crippen molar-refractivity contribution in [3.63, 3.8) is 0 Å². The molecule has 0 spiro atoms. The zero-order chi connectivity index (χ0) is 15.8. The summed E-state index contributed by atoms with van der Waals surface area (Å²) in [6, 6.07) is 1.51. The number of rotatable bonds is 4. The third-order valence-electron chi connectivity index (χ3n) is 3.22. The van der Waals surface area contributed by atoms with Gasteiger partial charge in [0.1, 0.15) is 12.3 Å². The first-order chi connectivity index (χ1) is 9.69. The molecule has 0 unspecified atom stereocenters. The highest BCUT2D eigenvalue weighted by Gasteiger charge is 2.39. The molecule has 2 heterocycles. The molecule has 1 aromatic rings. The van der Waals surface area contributed by atoms with Crippen LogP contribution in [0.15, 0.2) is 17.1 Å². The summed E-state index contributed by atoms with van der Waals surface area (Å²) in [7, 11) is -3.15. The van der Waals surface area contributed by atoms with Gasteiger partial charge in [-0.3, -0.25) is 4.52 Å². The fourth-order valence-electron chi connectivity index (χ4n) is 2.04. The summed E-state index contributed by atoms with van der Waals surface area (Å²) < 4.78 is 22.8. The number of nitrogen functional groups attached to an aromatic ring is 1. The molecule has 0 aliphatic carbocycles. The maximum Gasteiger partial charge on any atom is 0.501 e. The van der Waals surface area contributed by atoms with E-state index in [9.17, 15) is 14.5 Å². The molecular weight excluding hydrogens is 305 g/mol. The van der Waals surface area contributed by atoms with Crippen LogP contribution in [0.4, 0.5) is 5.82 Å². The molecule has 0 aromatic carbocycles. The zero-order valence-electron chi connectivity index (χ0n) is 11.2. The minimum Gasteiger partial charge on any atom is -0.390 e. The average Bonchev–Trinajstić information content (AvgIpc) is 2.74. The molecule has 0 bridgehead atoms. The van der Waals surface area contributed by atoms with Gasteiger partial charge >= 0.3 is 13.5 Å². The van der Waals surface area contributed by atoms with Crippen molar-refractivity contribution in [1.29, 1.82) is 0 Å². The van der Waals surface area contributed by atoms with Crippen molar-refractivity contribution in [2.45, 2.75) is 24.9 Å². The van der Waals surface area contributed by atoms with Crippen molar-refractivity contribution in [3.05, 3.63) is 22.7 Å². The summed E-state index contributed by atoms with van der Waals surface area (Å²) in [4.78, 5) is 29.3. The average molecular weight is 322 g/mol. The van der Waals surface area contributed by atoms with Gasteiger partial charge in [0.15, 0.2) is 5.82 Å². The van der Waals surface area contributed by atoms with E-state index in [1.165, 1.54) is 28.4 Å². The van der Waals surface area contributed by atoms with Crippen LogP contribution >= 0.6 is 7.82 Å². The standard InChI is InChI=1S/C10H16N3O7P/c1-12-8(11)2-3-13(10(12)15)9-4-6(14)7(20-9)5-19-21(16,17)18/h2-3,6-7,9,11,14H,4-5H2,1H3,(H2,16,17,18)/p+1/t6-,7+,9+/m0/s1. The van der Waals surface area contributed by atoms with Gasteiger partial charge in [0.25, 0.3) is 0 Å². The normalized spacial score (nSPS) is 26.2. The van der Waals surface area contributed by atoms with Gasteiger partial charge in [-0.1, -0.05) is 0 Å². The van der Waals surface area contributed by atoms with Crippen LogP contribution in [-0.2, 0) is 20.9 Å². The van der Waals surface area contributed by atoms with Gasteiger partial charge in [0.2, 0.25) is 6.23 Å².